The molecule has 0 fully saturated rings. The van der Waals surface area contributed by atoms with Crippen molar-refractivity contribution < 1.29 is 0 Å². The summed E-state index contributed by atoms with van der Waals surface area (Å²) in [6.45, 7) is 4.74. The lowest BCUT2D eigenvalue weighted by molar-refractivity contribution is 0.655. The van der Waals surface area contributed by atoms with Crippen LogP contribution in [0.15, 0.2) is 182 Å². The molecule has 2 aliphatic carbocycles. The molecule has 2 nitrogen and oxygen atoms in total. The lowest BCUT2D eigenvalue weighted by atomic mass is 9.66. The summed E-state index contributed by atoms with van der Waals surface area (Å²) in [5.74, 6) is 0.718. The fourth-order valence-electron chi connectivity index (χ4n) is 8.92. The molecule has 0 saturated heterocycles. The Morgan fingerprint density at radius 1 is 0.346 bits per heavy atom. The molecule has 1 heterocycles. The molecule has 10 rings (SSSR count). The molecule has 1 unspecified atom stereocenters. The lowest BCUT2D eigenvalue weighted by Gasteiger charge is -2.35. The fourth-order valence-corrected chi connectivity index (χ4v) is 8.92. The zero-order chi connectivity index (χ0) is 34.9. The first-order valence-corrected chi connectivity index (χ1v) is 18.1. The van der Waals surface area contributed by atoms with Gasteiger partial charge < -0.3 is 0 Å². The van der Waals surface area contributed by atoms with Crippen LogP contribution in [0.2, 0.25) is 0 Å². The Bertz CT molecular complexity index is 2580. The van der Waals surface area contributed by atoms with Crippen LogP contribution in [0.5, 0.6) is 0 Å². The molecule has 2 heteroatoms. The molecule has 0 spiro atoms. The summed E-state index contributed by atoms with van der Waals surface area (Å²) in [7, 11) is 0. The molecule has 8 aromatic rings. The molecule has 246 valence electrons. The number of nitrogens with zero attached hydrogens (tertiary/aromatic N) is 2. The monoisotopic (exact) mass is 664 g/mol. The average molecular weight is 665 g/mol. The van der Waals surface area contributed by atoms with E-state index in [1.54, 1.807) is 0 Å². The number of hydrogen-bond acceptors (Lipinski definition) is 2. The topological polar surface area (TPSA) is 25.8 Å². The first-order valence-electron chi connectivity index (χ1n) is 18.1. The van der Waals surface area contributed by atoms with Crippen LogP contribution in [-0.2, 0) is 10.8 Å². The number of rotatable bonds is 5. The molecule has 7 aromatic carbocycles. The van der Waals surface area contributed by atoms with E-state index < -0.39 is 5.41 Å². The van der Waals surface area contributed by atoms with Crippen LogP contribution in [0.25, 0.3) is 56.2 Å². The highest BCUT2D eigenvalue weighted by Crippen LogP contribution is 2.58. The Morgan fingerprint density at radius 2 is 0.865 bits per heavy atom. The number of benzene rings is 7. The number of aromatic nitrogens is 2. The minimum atomic E-state index is -0.541. The van der Waals surface area contributed by atoms with E-state index in [1.807, 2.05) is 24.3 Å². The molecule has 0 saturated carbocycles. The van der Waals surface area contributed by atoms with Crippen molar-refractivity contribution in [3.63, 3.8) is 0 Å². The van der Waals surface area contributed by atoms with Gasteiger partial charge in [-0.1, -0.05) is 184 Å². The van der Waals surface area contributed by atoms with E-state index >= 15 is 0 Å². The van der Waals surface area contributed by atoms with Crippen molar-refractivity contribution in [2.45, 2.75) is 24.7 Å². The summed E-state index contributed by atoms with van der Waals surface area (Å²) in [6, 6.07) is 66.0. The number of fused-ring (bicyclic) bond motifs is 6. The Morgan fingerprint density at radius 3 is 1.58 bits per heavy atom. The van der Waals surface area contributed by atoms with Crippen molar-refractivity contribution in [2.75, 3.05) is 0 Å². The molecule has 0 aliphatic heterocycles. The van der Waals surface area contributed by atoms with Crippen molar-refractivity contribution >= 4 is 0 Å². The van der Waals surface area contributed by atoms with Crippen molar-refractivity contribution in [2.24, 2.45) is 0 Å². The molecule has 1 atom stereocenters. The average Bonchev–Trinajstić information content (AvgIpc) is 3.64. The zero-order valence-corrected chi connectivity index (χ0v) is 29.2. The Hall–Kier alpha value is -6.38. The largest absolute Gasteiger partial charge is 0.228 e. The number of hydrogen-bond donors (Lipinski definition) is 0. The maximum absolute atomic E-state index is 5.25. The third kappa shape index (κ3) is 4.44. The molecule has 0 N–H and O–H groups in total. The second-order valence-electron chi connectivity index (χ2n) is 14.5. The van der Waals surface area contributed by atoms with Gasteiger partial charge in [0.1, 0.15) is 0 Å². The van der Waals surface area contributed by atoms with Crippen LogP contribution in [0.3, 0.4) is 0 Å². The van der Waals surface area contributed by atoms with Gasteiger partial charge in [0.05, 0.1) is 16.8 Å². The highest BCUT2D eigenvalue weighted by Gasteiger charge is 2.47. The van der Waals surface area contributed by atoms with Gasteiger partial charge in [-0.3, -0.25) is 0 Å². The normalized spacial score (nSPS) is 16.1. The fraction of sp³-hybridized carbons (Fsp3) is 0.0800. The van der Waals surface area contributed by atoms with Crippen LogP contribution >= 0.6 is 0 Å². The van der Waals surface area contributed by atoms with E-state index in [2.05, 4.69) is 172 Å². The van der Waals surface area contributed by atoms with Crippen LogP contribution < -0.4 is 0 Å². The highest BCUT2D eigenvalue weighted by atomic mass is 14.9. The third-order valence-corrected chi connectivity index (χ3v) is 11.4. The highest BCUT2D eigenvalue weighted by molar-refractivity contribution is 5.89. The van der Waals surface area contributed by atoms with Gasteiger partial charge in [0.15, 0.2) is 5.82 Å². The molecular weight excluding hydrogens is 629 g/mol. The minimum Gasteiger partial charge on any atom is -0.228 e. The second-order valence-corrected chi connectivity index (χ2v) is 14.5. The van der Waals surface area contributed by atoms with E-state index in [4.69, 9.17) is 9.97 Å². The summed E-state index contributed by atoms with van der Waals surface area (Å²) in [5, 5.41) is 0. The SMILES string of the molecule is CC1(C)c2ccccc2-c2ccc(C3(c4ccccc4)c4ccccc4-c4ccc(-c5cc(-c6ccccc6)nc(-c6ccccc6)n5)cc43)cc21. The summed E-state index contributed by atoms with van der Waals surface area (Å²) < 4.78 is 0. The molecule has 0 radical (unpaired) electrons. The Balaban J connectivity index is 1.24. The Labute approximate surface area is 305 Å². The standard InChI is InChI=1S/C50H36N2/c1-49(2)42-24-14-12-22-38(42)40-29-27-37(31-44(40)49)50(36-20-10-5-11-21-36)43-25-15-13-23-39(43)41-28-26-35(30-45(41)50)47-32-46(33-16-6-3-7-17-33)51-48(52-47)34-18-8-4-9-19-34/h3-32H,1-2H3. The van der Waals surface area contributed by atoms with Crippen molar-refractivity contribution in [3.8, 4) is 56.2 Å². The second kappa shape index (κ2) is 11.6. The summed E-state index contributed by atoms with van der Waals surface area (Å²) in [5.41, 5.74) is 17.3. The predicted octanol–water partition coefficient (Wildman–Crippen LogP) is 12.1. The van der Waals surface area contributed by atoms with Crippen LogP contribution in [0.4, 0.5) is 0 Å². The van der Waals surface area contributed by atoms with Gasteiger partial charge in [0.2, 0.25) is 0 Å². The van der Waals surface area contributed by atoms with Gasteiger partial charge in [0.25, 0.3) is 0 Å². The smallest absolute Gasteiger partial charge is 0.160 e. The third-order valence-electron chi connectivity index (χ3n) is 11.4. The van der Waals surface area contributed by atoms with Crippen molar-refractivity contribution in [3.05, 3.63) is 215 Å². The quantitative estimate of drug-likeness (QED) is 0.183. The van der Waals surface area contributed by atoms with Gasteiger partial charge in [-0.15, -0.1) is 0 Å². The molecular formula is C50H36N2. The van der Waals surface area contributed by atoms with E-state index in [9.17, 15) is 0 Å². The molecule has 2 aliphatic rings. The molecule has 0 amide bonds. The van der Waals surface area contributed by atoms with E-state index in [0.717, 1.165) is 33.9 Å². The lowest BCUT2D eigenvalue weighted by Crippen LogP contribution is -2.29. The van der Waals surface area contributed by atoms with Crippen molar-refractivity contribution in [1.29, 1.82) is 0 Å². The molecule has 0 bridgehead atoms. The van der Waals surface area contributed by atoms with Gasteiger partial charge in [-0.2, -0.15) is 0 Å². The summed E-state index contributed by atoms with van der Waals surface area (Å²) in [4.78, 5) is 10.3. The maximum atomic E-state index is 5.25. The molecule has 1 aromatic heterocycles. The van der Waals surface area contributed by atoms with Gasteiger partial charge in [-0.25, -0.2) is 9.97 Å². The summed E-state index contributed by atoms with van der Waals surface area (Å²) in [6.07, 6.45) is 0. The van der Waals surface area contributed by atoms with Gasteiger partial charge in [-0.05, 0) is 67.8 Å². The van der Waals surface area contributed by atoms with Gasteiger partial charge in [0, 0.05) is 22.1 Å². The molecule has 52 heavy (non-hydrogen) atoms. The van der Waals surface area contributed by atoms with Gasteiger partial charge >= 0.3 is 0 Å². The van der Waals surface area contributed by atoms with Crippen LogP contribution in [0, 0.1) is 0 Å². The van der Waals surface area contributed by atoms with Crippen LogP contribution in [-0.4, -0.2) is 9.97 Å². The Kier molecular flexibility index (Phi) is 6.78. The maximum Gasteiger partial charge on any atom is 0.160 e. The van der Waals surface area contributed by atoms with E-state index in [-0.39, 0.29) is 5.41 Å². The van der Waals surface area contributed by atoms with Crippen LogP contribution in [0.1, 0.15) is 47.2 Å². The van der Waals surface area contributed by atoms with E-state index in [1.165, 1.54) is 55.6 Å². The predicted molar refractivity (Wildman–Crippen MR) is 213 cm³/mol. The van der Waals surface area contributed by atoms with Crippen molar-refractivity contribution in [1.82, 2.24) is 9.97 Å². The van der Waals surface area contributed by atoms with E-state index in [0.29, 0.717) is 0 Å². The first kappa shape index (κ1) is 30.4. The zero-order valence-electron chi connectivity index (χ0n) is 29.2. The minimum absolute atomic E-state index is 0.120. The first-order chi connectivity index (χ1) is 25.5. The summed E-state index contributed by atoms with van der Waals surface area (Å²) >= 11 is 0.